The Bertz CT molecular complexity index is 986. The van der Waals surface area contributed by atoms with Gasteiger partial charge in [0.25, 0.3) is 0 Å². The monoisotopic (exact) mass is 431 g/mol. The number of hydrogen-bond donors (Lipinski definition) is 0. The van der Waals surface area contributed by atoms with Crippen molar-refractivity contribution in [1.82, 2.24) is 15.0 Å². The molecule has 1 atom stereocenters. The second-order valence-corrected chi connectivity index (χ2v) is 8.12. The minimum absolute atomic E-state index is 0.154. The van der Waals surface area contributed by atoms with Crippen LogP contribution in [0, 0.1) is 5.41 Å². The summed E-state index contributed by atoms with van der Waals surface area (Å²) in [6.45, 7) is 4.84. The maximum absolute atomic E-state index is 12.3. The minimum atomic E-state index is -4.37. The summed E-state index contributed by atoms with van der Waals surface area (Å²) in [5.74, 6) is 0.154. The summed E-state index contributed by atoms with van der Waals surface area (Å²) in [5.41, 5.74) is 1.87. The van der Waals surface area contributed by atoms with Crippen molar-refractivity contribution in [3.63, 3.8) is 0 Å². The third kappa shape index (κ3) is 4.85. The van der Waals surface area contributed by atoms with Gasteiger partial charge in [0.1, 0.15) is 17.7 Å². The Morgan fingerprint density at radius 3 is 1.94 bits per heavy atom. The zero-order valence-corrected chi connectivity index (χ0v) is 17.8. The fraction of sp³-hybridized carbons (Fsp3) is 0.348. The quantitative estimate of drug-likeness (QED) is 0.522. The van der Waals surface area contributed by atoms with E-state index in [2.05, 4.69) is 35.7 Å². The molecule has 0 radical (unpaired) electrons. The first-order valence-electron chi connectivity index (χ1n) is 9.64. The smallest absolute Gasteiger partial charge is 0.422 e. The van der Waals surface area contributed by atoms with E-state index in [1.807, 2.05) is 12.1 Å². The van der Waals surface area contributed by atoms with Gasteiger partial charge in [0.05, 0.1) is 5.69 Å². The normalized spacial score (nSPS) is 14.2. The van der Waals surface area contributed by atoms with Crippen LogP contribution < -0.4 is 4.74 Å². The van der Waals surface area contributed by atoms with Crippen molar-refractivity contribution in [3.8, 4) is 16.9 Å². The Morgan fingerprint density at radius 2 is 1.45 bits per heavy atom. The number of nitrogens with zero attached hydrogens (tertiary/aromatic N) is 3. The third-order valence-electron chi connectivity index (χ3n) is 5.04. The van der Waals surface area contributed by atoms with Gasteiger partial charge >= 0.3 is 6.18 Å². The molecular weight excluding hydrogens is 407 g/mol. The molecule has 1 aromatic carbocycles. The molecule has 164 valence electrons. The SMILES string of the molecule is COC(c1cncnc1)(c1ccc(-c2ccc(OCC(F)(F)F)cc2)cn1)C(C)(C)C. The number of benzene rings is 1. The van der Waals surface area contributed by atoms with Crippen molar-refractivity contribution in [1.29, 1.82) is 0 Å². The number of hydrogen-bond acceptors (Lipinski definition) is 5. The molecular formula is C23H24F3N3O2. The Hall–Kier alpha value is -3.00. The van der Waals surface area contributed by atoms with Crippen LogP contribution in [0.1, 0.15) is 32.0 Å². The molecule has 5 nitrogen and oxygen atoms in total. The van der Waals surface area contributed by atoms with Gasteiger partial charge in [-0.15, -0.1) is 0 Å². The molecule has 0 bridgehead atoms. The number of ether oxygens (including phenoxy) is 2. The molecule has 0 fully saturated rings. The van der Waals surface area contributed by atoms with Gasteiger partial charge in [-0.2, -0.15) is 13.2 Å². The van der Waals surface area contributed by atoms with Crippen molar-refractivity contribution in [2.24, 2.45) is 5.41 Å². The van der Waals surface area contributed by atoms with Gasteiger partial charge in [0.15, 0.2) is 6.61 Å². The van der Waals surface area contributed by atoms with Crippen molar-refractivity contribution in [3.05, 3.63) is 72.6 Å². The van der Waals surface area contributed by atoms with Gasteiger partial charge in [-0.1, -0.05) is 39.0 Å². The molecule has 8 heteroatoms. The van der Waals surface area contributed by atoms with Crippen molar-refractivity contribution >= 4 is 0 Å². The average Bonchev–Trinajstić information content (AvgIpc) is 2.73. The van der Waals surface area contributed by atoms with E-state index in [0.717, 1.165) is 16.7 Å². The summed E-state index contributed by atoms with van der Waals surface area (Å²) >= 11 is 0. The molecule has 0 aliphatic heterocycles. The van der Waals surface area contributed by atoms with E-state index in [-0.39, 0.29) is 11.2 Å². The van der Waals surface area contributed by atoms with Crippen LogP contribution in [-0.4, -0.2) is 34.8 Å². The molecule has 0 spiro atoms. The summed E-state index contributed by atoms with van der Waals surface area (Å²) in [6, 6.07) is 10.2. The van der Waals surface area contributed by atoms with Crippen LogP contribution in [0.5, 0.6) is 5.75 Å². The van der Waals surface area contributed by atoms with Gasteiger partial charge < -0.3 is 9.47 Å². The van der Waals surface area contributed by atoms with Crippen LogP contribution in [-0.2, 0) is 10.3 Å². The lowest BCUT2D eigenvalue weighted by molar-refractivity contribution is -0.153. The zero-order valence-electron chi connectivity index (χ0n) is 17.8. The van der Waals surface area contributed by atoms with E-state index < -0.39 is 18.4 Å². The van der Waals surface area contributed by atoms with Crippen molar-refractivity contribution in [2.45, 2.75) is 32.5 Å². The Kier molecular flexibility index (Phi) is 6.31. The second kappa shape index (κ2) is 8.63. The second-order valence-electron chi connectivity index (χ2n) is 8.12. The predicted molar refractivity (Wildman–Crippen MR) is 110 cm³/mol. The standard InChI is InChI=1S/C23H24F3N3O2/c1-21(2,3)23(30-4,18-12-27-15-28-13-18)20-10-7-17(11-29-20)16-5-8-19(9-6-16)31-14-22(24,25)26/h5-13,15H,14H2,1-4H3. The summed E-state index contributed by atoms with van der Waals surface area (Å²) in [6.07, 6.45) is 2.24. The molecule has 0 saturated heterocycles. The lowest BCUT2D eigenvalue weighted by atomic mass is 9.70. The van der Waals surface area contributed by atoms with E-state index in [1.54, 1.807) is 37.8 Å². The van der Waals surface area contributed by atoms with Crippen molar-refractivity contribution in [2.75, 3.05) is 13.7 Å². The lowest BCUT2D eigenvalue weighted by Crippen LogP contribution is -2.44. The Labute approximate surface area is 179 Å². The molecule has 2 aromatic heterocycles. The first-order chi connectivity index (χ1) is 14.6. The molecule has 0 aliphatic rings. The zero-order chi connectivity index (χ0) is 22.7. The molecule has 3 rings (SSSR count). The fourth-order valence-electron chi connectivity index (χ4n) is 3.66. The van der Waals surface area contributed by atoms with E-state index in [9.17, 15) is 13.2 Å². The maximum atomic E-state index is 12.3. The highest BCUT2D eigenvalue weighted by Gasteiger charge is 2.47. The first-order valence-corrected chi connectivity index (χ1v) is 9.64. The number of aromatic nitrogens is 3. The van der Waals surface area contributed by atoms with Crippen LogP contribution >= 0.6 is 0 Å². The summed E-state index contributed by atoms with van der Waals surface area (Å²) in [7, 11) is 1.63. The topological polar surface area (TPSA) is 57.1 Å². The lowest BCUT2D eigenvalue weighted by Gasteiger charge is -2.43. The van der Waals surface area contributed by atoms with E-state index in [4.69, 9.17) is 9.47 Å². The van der Waals surface area contributed by atoms with E-state index in [1.165, 1.54) is 18.5 Å². The van der Waals surface area contributed by atoms with E-state index in [0.29, 0.717) is 5.69 Å². The summed E-state index contributed by atoms with van der Waals surface area (Å²) < 4.78 is 47.7. The van der Waals surface area contributed by atoms with Gasteiger partial charge in [-0.05, 0) is 23.8 Å². The highest BCUT2D eigenvalue weighted by molar-refractivity contribution is 5.63. The first kappa shape index (κ1) is 22.7. The molecule has 0 aliphatic carbocycles. The van der Waals surface area contributed by atoms with Gasteiger partial charge in [-0.3, -0.25) is 4.98 Å². The molecule has 0 amide bonds. The van der Waals surface area contributed by atoms with E-state index >= 15 is 0 Å². The number of halogens is 3. The summed E-state index contributed by atoms with van der Waals surface area (Å²) in [4.78, 5) is 13.0. The largest absolute Gasteiger partial charge is 0.484 e. The highest BCUT2D eigenvalue weighted by Crippen LogP contribution is 2.46. The minimum Gasteiger partial charge on any atom is -0.484 e. The van der Waals surface area contributed by atoms with Crippen LogP contribution in [0.25, 0.3) is 11.1 Å². The average molecular weight is 431 g/mol. The highest BCUT2D eigenvalue weighted by atomic mass is 19.4. The maximum Gasteiger partial charge on any atom is 0.422 e. The predicted octanol–water partition coefficient (Wildman–Crippen LogP) is 5.42. The fourth-order valence-corrected chi connectivity index (χ4v) is 3.66. The van der Waals surface area contributed by atoms with Crippen molar-refractivity contribution < 1.29 is 22.6 Å². The molecule has 0 saturated carbocycles. The Balaban J connectivity index is 1.91. The number of pyridine rings is 1. The van der Waals surface area contributed by atoms with Gasteiger partial charge in [0, 0.05) is 42.2 Å². The van der Waals surface area contributed by atoms with Crippen LogP contribution in [0.4, 0.5) is 13.2 Å². The number of rotatable bonds is 6. The Morgan fingerprint density at radius 1 is 0.839 bits per heavy atom. The van der Waals surface area contributed by atoms with Gasteiger partial charge in [-0.25, -0.2) is 9.97 Å². The van der Waals surface area contributed by atoms with Crippen LogP contribution in [0.2, 0.25) is 0 Å². The number of alkyl halides is 3. The molecule has 31 heavy (non-hydrogen) atoms. The molecule has 3 aromatic rings. The van der Waals surface area contributed by atoms with Gasteiger partial charge in [0.2, 0.25) is 0 Å². The van der Waals surface area contributed by atoms with Crippen LogP contribution in [0.3, 0.4) is 0 Å². The molecule has 1 unspecified atom stereocenters. The molecule has 0 N–H and O–H groups in total. The number of methoxy groups -OCH3 is 1. The third-order valence-corrected chi connectivity index (χ3v) is 5.04. The summed E-state index contributed by atoms with van der Waals surface area (Å²) in [5, 5.41) is 0. The molecule has 2 heterocycles. The van der Waals surface area contributed by atoms with Crippen LogP contribution in [0.15, 0.2) is 61.3 Å².